The molecule has 0 aliphatic heterocycles. The third kappa shape index (κ3) is 2.00. The summed E-state index contributed by atoms with van der Waals surface area (Å²) in [6.07, 6.45) is 1.66. The van der Waals surface area contributed by atoms with Crippen LogP contribution in [0.3, 0.4) is 0 Å². The summed E-state index contributed by atoms with van der Waals surface area (Å²) in [5.74, 6) is -0.458. The minimum Gasteiger partial charge on any atom is -0.478 e. The molecule has 2 N–H and O–H groups in total. The third-order valence-electron chi connectivity index (χ3n) is 2.73. The Morgan fingerprint density at radius 1 is 1.26 bits per heavy atom. The second-order valence-corrected chi connectivity index (χ2v) is 4.78. The summed E-state index contributed by atoms with van der Waals surface area (Å²) in [6.45, 7) is 0. The van der Waals surface area contributed by atoms with Gasteiger partial charge in [-0.1, -0.05) is 6.07 Å². The fraction of sp³-hybridized carbons (Fsp3) is 0. The smallest absolute Gasteiger partial charge is 0.337 e. The number of nitrogens with zero attached hydrogens (tertiary/aromatic N) is 2. The molecule has 94 valence electrons. The van der Waals surface area contributed by atoms with Crippen LogP contribution in [0, 0.1) is 0 Å². The monoisotopic (exact) mass is 317 g/mol. The number of fused-ring (bicyclic) bond motifs is 1. The van der Waals surface area contributed by atoms with Gasteiger partial charge in [0.15, 0.2) is 5.82 Å². The molecule has 0 radical (unpaired) electrons. The zero-order valence-corrected chi connectivity index (χ0v) is 11.2. The molecule has 19 heavy (non-hydrogen) atoms. The van der Waals surface area contributed by atoms with E-state index in [0.717, 1.165) is 4.47 Å². The van der Waals surface area contributed by atoms with E-state index in [-0.39, 0.29) is 5.56 Å². The van der Waals surface area contributed by atoms with Crippen LogP contribution in [-0.2, 0) is 0 Å². The Morgan fingerprint density at radius 3 is 2.84 bits per heavy atom. The molecule has 3 rings (SSSR count). The molecule has 0 unspecified atom stereocenters. The summed E-state index contributed by atoms with van der Waals surface area (Å²) < 4.78 is 0.797. The maximum absolute atomic E-state index is 11.1. The lowest BCUT2D eigenvalue weighted by molar-refractivity contribution is 0.0699. The fourth-order valence-electron chi connectivity index (χ4n) is 1.88. The molecule has 0 spiro atoms. The first kappa shape index (κ1) is 11.9. The Labute approximate surface area is 116 Å². The van der Waals surface area contributed by atoms with E-state index >= 15 is 0 Å². The molecule has 3 aromatic rings. The van der Waals surface area contributed by atoms with E-state index in [9.17, 15) is 4.79 Å². The Hall–Kier alpha value is -2.21. The van der Waals surface area contributed by atoms with Gasteiger partial charge in [0.1, 0.15) is 11.2 Å². The molecule has 0 saturated heterocycles. The first-order valence-electron chi connectivity index (χ1n) is 5.50. The first-order valence-corrected chi connectivity index (χ1v) is 6.29. The molecule has 2 heterocycles. The van der Waals surface area contributed by atoms with Crippen LogP contribution in [0.25, 0.3) is 22.6 Å². The number of carboxylic acids is 1. The van der Waals surface area contributed by atoms with Crippen molar-refractivity contribution in [3.05, 3.63) is 46.6 Å². The predicted octanol–water partition coefficient (Wildman–Crippen LogP) is 3.09. The number of benzene rings is 1. The molecule has 6 heteroatoms. The number of imidazole rings is 1. The Kier molecular flexibility index (Phi) is 2.79. The SMILES string of the molecule is O=C(O)c1cccc2[nH]c(-c3ncccc3Br)nc12. The number of aromatic carboxylic acids is 1. The molecule has 1 aromatic carbocycles. The van der Waals surface area contributed by atoms with E-state index < -0.39 is 5.97 Å². The number of H-pyrrole nitrogens is 1. The van der Waals surface area contributed by atoms with Crippen molar-refractivity contribution < 1.29 is 9.90 Å². The second kappa shape index (κ2) is 4.47. The highest BCUT2D eigenvalue weighted by molar-refractivity contribution is 9.10. The van der Waals surface area contributed by atoms with Gasteiger partial charge in [0, 0.05) is 10.7 Å². The maximum Gasteiger partial charge on any atom is 0.337 e. The van der Waals surface area contributed by atoms with Crippen molar-refractivity contribution in [3.63, 3.8) is 0 Å². The van der Waals surface area contributed by atoms with Gasteiger partial charge in [-0.3, -0.25) is 4.98 Å². The third-order valence-corrected chi connectivity index (χ3v) is 3.37. The molecule has 0 atom stereocenters. The van der Waals surface area contributed by atoms with Crippen molar-refractivity contribution in [1.29, 1.82) is 0 Å². The van der Waals surface area contributed by atoms with Crippen LogP contribution in [0.2, 0.25) is 0 Å². The largest absolute Gasteiger partial charge is 0.478 e. The van der Waals surface area contributed by atoms with Crippen LogP contribution in [-0.4, -0.2) is 26.0 Å². The molecule has 0 aliphatic carbocycles. The van der Waals surface area contributed by atoms with Gasteiger partial charge in [-0.05, 0) is 40.2 Å². The molecule has 5 nitrogen and oxygen atoms in total. The predicted molar refractivity (Wildman–Crippen MR) is 74.0 cm³/mol. The topological polar surface area (TPSA) is 78.9 Å². The average molecular weight is 318 g/mol. The van der Waals surface area contributed by atoms with Gasteiger partial charge < -0.3 is 10.1 Å². The first-order chi connectivity index (χ1) is 9.16. The van der Waals surface area contributed by atoms with E-state index in [4.69, 9.17) is 5.11 Å². The number of rotatable bonds is 2. The molecular formula is C13H8BrN3O2. The number of para-hydroxylation sites is 1. The van der Waals surface area contributed by atoms with Gasteiger partial charge in [-0.15, -0.1) is 0 Å². The number of nitrogens with one attached hydrogen (secondary N) is 1. The van der Waals surface area contributed by atoms with Crippen LogP contribution in [0.5, 0.6) is 0 Å². The highest BCUT2D eigenvalue weighted by atomic mass is 79.9. The maximum atomic E-state index is 11.1. The molecule has 2 aromatic heterocycles. The molecule has 0 aliphatic rings. The van der Waals surface area contributed by atoms with Crippen molar-refractivity contribution in [2.75, 3.05) is 0 Å². The summed E-state index contributed by atoms with van der Waals surface area (Å²) in [7, 11) is 0. The lowest BCUT2D eigenvalue weighted by Gasteiger charge is -1.97. The number of pyridine rings is 1. The Bertz CT molecular complexity index is 782. The Morgan fingerprint density at radius 2 is 2.11 bits per heavy atom. The highest BCUT2D eigenvalue weighted by Crippen LogP contribution is 2.26. The van der Waals surface area contributed by atoms with E-state index in [0.29, 0.717) is 22.6 Å². The summed E-state index contributed by atoms with van der Waals surface area (Å²) in [4.78, 5) is 22.8. The molecule has 0 amide bonds. The van der Waals surface area contributed by atoms with E-state index in [2.05, 4.69) is 30.9 Å². The normalized spacial score (nSPS) is 10.8. The number of hydrogen-bond donors (Lipinski definition) is 2. The molecule has 0 saturated carbocycles. The van der Waals surface area contributed by atoms with Gasteiger partial charge in [0.05, 0.1) is 11.1 Å². The van der Waals surface area contributed by atoms with Gasteiger partial charge in [0.25, 0.3) is 0 Å². The minimum atomic E-state index is -0.997. The zero-order valence-electron chi connectivity index (χ0n) is 9.59. The van der Waals surface area contributed by atoms with E-state index in [1.165, 1.54) is 6.07 Å². The van der Waals surface area contributed by atoms with E-state index in [1.807, 2.05) is 6.07 Å². The summed E-state index contributed by atoms with van der Waals surface area (Å²) in [5, 5.41) is 9.14. The number of hydrogen-bond acceptors (Lipinski definition) is 3. The van der Waals surface area contributed by atoms with Crippen LogP contribution in [0.15, 0.2) is 41.0 Å². The van der Waals surface area contributed by atoms with Gasteiger partial charge in [0.2, 0.25) is 0 Å². The van der Waals surface area contributed by atoms with Gasteiger partial charge in [-0.25, -0.2) is 9.78 Å². The lowest BCUT2D eigenvalue weighted by Crippen LogP contribution is -1.96. The second-order valence-electron chi connectivity index (χ2n) is 3.93. The molecule has 0 fully saturated rings. The minimum absolute atomic E-state index is 0.173. The van der Waals surface area contributed by atoms with Crippen molar-refractivity contribution in [1.82, 2.24) is 15.0 Å². The number of halogens is 1. The quantitative estimate of drug-likeness (QED) is 0.761. The van der Waals surface area contributed by atoms with Crippen molar-refractivity contribution >= 4 is 32.9 Å². The Balaban J connectivity index is 2.26. The number of carboxylic acid groups (broad SMARTS) is 1. The fourth-order valence-corrected chi connectivity index (χ4v) is 2.32. The summed E-state index contributed by atoms with van der Waals surface area (Å²) in [5.41, 5.74) is 1.93. The van der Waals surface area contributed by atoms with Crippen molar-refractivity contribution in [3.8, 4) is 11.5 Å². The number of aromatic nitrogens is 3. The highest BCUT2D eigenvalue weighted by Gasteiger charge is 2.14. The molecular weight excluding hydrogens is 310 g/mol. The summed E-state index contributed by atoms with van der Waals surface area (Å²) >= 11 is 3.40. The van der Waals surface area contributed by atoms with Gasteiger partial charge >= 0.3 is 5.97 Å². The van der Waals surface area contributed by atoms with E-state index in [1.54, 1.807) is 24.4 Å². The molecule has 0 bridgehead atoms. The number of carbonyl (C=O) groups is 1. The van der Waals surface area contributed by atoms with Crippen LogP contribution in [0.1, 0.15) is 10.4 Å². The number of aromatic amines is 1. The van der Waals surface area contributed by atoms with Crippen molar-refractivity contribution in [2.24, 2.45) is 0 Å². The average Bonchev–Trinajstić information content (AvgIpc) is 2.82. The standard InChI is InChI=1S/C13H8BrN3O2/c14-8-4-2-6-15-11(8)12-16-9-5-1-3-7(13(18)19)10(9)17-12/h1-6H,(H,16,17)(H,18,19). The van der Waals surface area contributed by atoms with Crippen LogP contribution in [0.4, 0.5) is 0 Å². The lowest BCUT2D eigenvalue weighted by atomic mass is 10.2. The zero-order chi connectivity index (χ0) is 13.4. The van der Waals surface area contributed by atoms with Crippen LogP contribution >= 0.6 is 15.9 Å². The van der Waals surface area contributed by atoms with Gasteiger partial charge in [-0.2, -0.15) is 0 Å². The summed E-state index contributed by atoms with van der Waals surface area (Å²) in [6, 6.07) is 8.66. The van der Waals surface area contributed by atoms with Crippen LogP contribution < -0.4 is 0 Å². The van der Waals surface area contributed by atoms with Crippen molar-refractivity contribution in [2.45, 2.75) is 0 Å².